The lowest BCUT2D eigenvalue weighted by Gasteiger charge is -2.21. The fourth-order valence-electron chi connectivity index (χ4n) is 4.16. The molecular weight excluding hydrogens is 358 g/mol. The van der Waals surface area contributed by atoms with Gasteiger partial charge in [-0.15, -0.1) is 0 Å². The van der Waals surface area contributed by atoms with Crippen LogP contribution in [0.1, 0.15) is 36.8 Å². The van der Waals surface area contributed by atoms with Crippen molar-refractivity contribution in [2.24, 2.45) is 0 Å². The van der Waals surface area contributed by atoms with Crippen LogP contribution in [0.25, 0.3) is 11.1 Å². The molecule has 0 aromatic heterocycles. The van der Waals surface area contributed by atoms with Crippen LogP contribution in [-0.4, -0.2) is 42.0 Å². The quantitative estimate of drug-likeness (QED) is 0.827. The van der Waals surface area contributed by atoms with Gasteiger partial charge in [-0.25, -0.2) is 9.59 Å². The number of fused-ring (bicyclic) bond motifs is 3. The van der Waals surface area contributed by atoms with E-state index < -0.39 is 24.2 Å². The van der Waals surface area contributed by atoms with Gasteiger partial charge in [-0.3, -0.25) is 0 Å². The van der Waals surface area contributed by atoms with E-state index in [1.165, 1.54) is 0 Å². The van der Waals surface area contributed by atoms with Gasteiger partial charge in [0.1, 0.15) is 6.61 Å². The molecule has 2 aromatic carbocycles. The van der Waals surface area contributed by atoms with Gasteiger partial charge in [0.2, 0.25) is 0 Å². The molecule has 3 atom stereocenters. The molecule has 1 aliphatic carbocycles. The van der Waals surface area contributed by atoms with Crippen LogP contribution in [0.3, 0.4) is 0 Å². The number of alkyl carbamates (subject to hydrolysis) is 1. The number of carboxylic acid groups (broad SMARTS) is 1. The van der Waals surface area contributed by atoms with E-state index in [1.807, 2.05) is 43.3 Å². The average Bonchev–Trinajstić information content (AvgIpc) is 3.26. The minimum atomic E-state index is -1.12. The summed E-state index contributed by atoms with van der Waals surface area (Å²) >= 11 is 0. The molecule has 1 fully saturated rings. The van der Waals surface area contributed by atoms with E-state index >= 15 is 0 Å². The average molecular weight is 381 g/mol. The first-order valence-corrected chi connectivity index (χ1v) is 9.54. The van der Waals surface area contributed by atoms with E-state index in [4.69, 9.17) is 9.47 Å². The molecule has 4 rings (SSSR count). The summed E-state index contributed by atoms with van der Waals surface area (Å²) in [5, 5.41) is 11.9. The fourth-order valence-corrected chi connectivity index (χ4v) is 4.16. The van der Waals surface area contributed by atoms with E-state index in [2.05, 4.69) is 17.4 Å². The Bertz CT molecular complexity index is 851. The number of carboxylic acids is 1. The first-order valence-electron chi connectivity index (χ1n) is 9.54. The number of carbonyl (C=O) groups is 2. The fraction of sp³-hybridized carbons (Fsp3) is 0.364. The summed E-state index contributed by atoms with van der Waals surface area (Å²) in [7, 11) is 0. The lowest BCUT2D eigenvalue weighted by Crippen LogP contribution is -2.49. The smallest absolute Gasteiger partial charge is 0.407 e. The molecule has 1 saturated heterocycles. The minimum absolute atomic E-state index is 0.00355. The summed E-state index contributed by atoms with van der Waals surface area (Å²) in [6, 6.07) is 15.0. The molecule has 1 heterocycles. The third kappa shape index (κ3) is 3.47. The standard InChI is InChI=1S/C22H23NO5/c1-13-10-11-19(28-13)20(21(24)25)23-22(26)27-12-18-16-8-4-2-6-14(16)15-7-3-5-9-17(15)18/h2-9,13,18-20H,10-12H2,1H3,(H,23,26)(H,24,25). The highest BCUT2D eigenvalue weighted by atomic mass is 16.6. The molecule has 0 bridgehead atoms. The van der Waals surface area contributed by atoms with Crippen molar-refractivity contribution < 1.29 is 24.2 Å². The molecule has 1 amide bonds. The van der Waals surface area contributed by atoms with Crippen molar-refractivity contribution >= 4 is 12.1 Å². The van der Waals surface area contributed by atoms with Crippen molar-refractivity contribution in [3.8, 4) is 11.1 Å². The van der Waals surface area contributed by atoms with Gasteiger partial charge in [0.15, 0.2) is 6.04 Å². The highest BCUT2D eigenvalue weighted by molar-refractivity contribution is 5.81. The summed E-state index contributed by atoms with van der Waals surface area (Å²) in [5.74, 6) is -1.18. The number of aliphatic carboxylic acids is 1. The Kier molecular flexibility index (Phi) is 5.05. The maximum absolute atomic E-state index is 12.3. The normalized spacial score (nSPS) is 21.6. The Morgan fingerprint density at radius 3 is 2.25 bits per heavy atom. The lowest BCUT2D eigenvalue weighted by atomic mass is 9.98. The molecule has 0 spiro atoms. The van der Waals surface area contributed by atoms with Gasteiger partial charge in [0.25, 0.3) is 0 Å². The Balaban J connectivity index is 1.44. The summed E-state index contributed by atoms with van der Waals surface area (Å²) < 4.78 is 11.0. The van der Waals surface area contributed by atoms with Crippen LogP contribution in [0.2, 0.25) is 0 Å². The predicted octanol–water partition coefficient (Wildman–Crippen LogP) is 3.55. The maximum Gasteiger partial charge on any atom is 0.407 e. The topological polar surface area (TPSA) is 84.9 Å². The Morgan fingerprint density at radius 2 is 1.71 bits per heavy atom. The SMILES string of the molecule is CC1CCC(C(NC(=O)OCC2c3ccccc3-c3ccccc32)C(=O)O)O1. The van der Waals surface area contributed by atoms with Crippen molar-refractivity contribution in [1.29, 1.82) is 0 Å². The van der Waals surface area contributed by atoms with Crippen molar-refractivity contribution in [3.63, 3.8) is 0 Å². The molecule has 0 saturated carbocycles. The van der Waals surface area contributed by atoms with Gasteiger partial charge < -0.3 is 19.9 Å². The zero-order chi connectivity index (χ0) is 19.7. The number of ether oxygens (including phenoxy) is 2. The van der Waals surface area contributed by atoms with E-state index in [-0.39, 0.29) is 18.6 Å². The first kappa shape index (κ1) is 18.5. The highest BCUT2D eigenvalue weighted by Crippen LogP contribution is 2.44. The van der Waals surface area contributed by atoms with E-state index in [9.17, 15) is 14.7 Å². The van der Waals surface area contributed by atoms with Gasteiger partial charge in [0, 0.05) is 5.92 Å². The van der Waals surface area contributed by atoms with Crippen molar-refractivity contribution in [2.45, 2.75) is 43.9 Å². The third-order valence-corrected chi connectivity index (χ3v) is 5.52. The molecule has 6 nitrogen and oxygen atoms in total. The van der Waals surface area contributed by atoms with Crippen LogP contribution in [-0.2, 0) is 14.3 Å². The van der Waals surface area contributed by atoms with E-state index in [0.29, 0.717) is 6.42 Å². The van der Waals surface area contributed by atoms with Crippen molar-refractivity contribution in [1.82, 2.24) is 5.32 Å². The maximum atomic E-state index is 12.3. The summed E-state index contributed by atoms with van der Waals surface area (Å²) in [6.45, 7) is 2.04. The van der Waals surface area contributed by atoms with Gasteiger partial charge in [-0.05, 0) is 42.0 Å². The zero-order valence-electron chi connectivity index (χ0n) is 15.6. The van der Waals surface area contributed by atoms with E-state index in [0.717, 1.165) is 28.7 Å². The molecular formula is C22H23NO5. The monoisotopic (exact) mass is 381 g/mol. The number of carbonyl (C=O) groups excluding carboxylic acids is 1. The van der Waals surface area contributed by atoms with Gasteiger partial charge in [0.05, 0.1) is 12.2 Å². The van der Waals surface area contributed by atoms with Crippen LogP contribution >= 0.6 is 0 Å². The number of rotatable bonds is 5. The predicted molar refractivity (Wildman–Crippen MR) is 103 cm³/mol. The second kappa shape index (κ2) is 7.64. The van der Waals surface area contributed by atoms with Crippen molar-refractivity contribution in [3.05, 3.63) is 59.7 Å². The second-order valence-electron chi connectivity index (χ2n) is 7.35. The van der Waals surface area contributed by atoms with Crippen LogP contribution in [0.5, 0.6) is 0 Å². The second-order valence-corrected chi connectivity index (χ2v) is 7.35. The molecule has 2 N–H and O–H groups in total. The number of hydrogen-bond donors (Lipinski definition) is 2. The number of nitrogens with one attached hydrogen (secondary N) is 1. The highest BCUT2D eigenvalue weighted by Gasteiger charge is 2.36. The first-order chi connectivity index (χ1) is 13.5. The molecule has 0 radical (unpaired) electrons. The third-order valence-electron chi connectivity index (χ3n) is 5.52. The molecule has 146 valence electrons. The van der Waals surface area contributed by atoms with E-state index in [1.54, 1.807) is 0 Å². The molecule has 1 aliphatic heterocycles. The molecule has 2 aliphatic rings. The molecule has 28 heavy (non-hydrogen) atoms. The van der Waals surface area contributed by atoms with Gasteiger partial charge in [-0.1, -0.05) is 48.5 Å². The van der Waals surface area contributed by atoms with Crippen molar-refractivity contribution in [2.75, 3.05) is 6.61 Å². The zero-order valence-corrected chi connectivity index (χ0v) is 15.6. The summed E-state index contributed by atoms with van der Waals surface area (Å²) in [6.07, 6.45) is 0.101. The lowest BCUT2D eigenvalue weighted by molar-refractivity contribution is -0.143. The van der Waals surface area contributed by atoms with Gasteiger partial charge in [-0.2, -0.15) is 0 Å². The van der Waals surface area contributed by atoms with Crippen LogP contribution in [0, 0.1) is 0 Å². The van der Waals surface area contributed by atoms with Crippen LogP contribution in [0.15, 0.2) is 48.5 Å². The Morgan fingerprint density at radius 1 is 1.11 bits per heavy atom. The largest absolute Gasteiger partial charge is 0.480 e. The van der Waals surface area contributed by atoms with Crippen LogP contribution < -0.4 is 5.32 Å². The number of amides is 1. The Hall–Kier alpha value is -2.86. The summed E-state index contributed by atoms with van der Waals surface area (Å²) in [4.78, 5) is 23.9. The van der Waals surface area contributed by atoms with Gasteiger partial charge >= 0.3 is 12.1 Å². The minimum Gasteiger partial charge on any atom is -0.480 e. The number of hydrogen-bond acceptors (Lipinski definition) is 4. The van der Waals surface area contributed by atoms with Crippen LogP contribution in [0.4, 0.5) is 4.79 Å². The molecule has 3 unspecified atom stereocenters. The number of benzene rings is 2. The molecule has 6 heteroatoms. The summed E-state index contributed by atoms with van der Waals surface area (Å²) in [5.41, 5.74) is 4.51. The molecule has 2 aromatic rings. The Labute approximate surface area is 163 Å².